The minimum atomic E-state index is -0.873. The Bertz CT molecular complexity index is 68.8. The molecule has 0 aliphatic carbocycles. The Hall–Kier alpha value is -0.123. The van der Waals surface area contributed by atoms with Crippen molar-refractivity contribution in [1.82, 2.24) is 9.96 Å². The molecule has 0 saturated heterocycles. The molecule has 0 unspecified atom stereocenters. The van der Waals surface area contributed by atoms with Gasteiger partial charge in [-0.3, -0.25) is 0 Å². The first-order valence-electron chi connectivity index (χ1n) is 2.82. The molecule has 0 spiro atoms. The number of rotatable bonds is 3. The van der Waals surface area contributed by atoms with Crippen molar-refractivity contribution in [2.45, 2.75) is 6.92 Å². The molecule has 2 N–H and O–H groups in total. The highest BCUT2D eigenvalue weighted by Gasteiger charge is 1.94. The Labute approximate surface area is 52.7 Å². The van der Waals surface area contributed by atoms with Crippen LogP contribution in [-0.4, -0.2) is 23.2 Å². The van der Waals surface area contributed by atoms with Crippen molar-refractivity contribution in [2.75, 3.05) is 14.1 Å². The van der Waals surface area contributed by atoms with Crippen molar-refractivity contribution in [3.05, 3.63) is 11.8 Å². The van der Waals surface area contributed by atoms with Gasteiger partial charge in [0.25, 0.3) is 0 Å². The summed E-state index contributed by atoms with van der Waals surface area (Å²) in [6, 6.07) is 0. The van der Waals surface area contributed by atoms with E-state index < -0.39 is 9.12 Å². The van der Waals surface area contributed by atoms with Gasteiger partial charge in [-0.1, -0.05) is 11.8 Å². The fourth-order valence-corrected chi connectivity index (χ4v) is 1.59. The van der Waals surface area contributed by atoms with Crippen molar-refractivity contribution in [3.8, 4) is 0 Å². The SMILES string of the molecule is CC=C[SiH](NC)NC. The molecule has 0 saturated carbocycles. The molecule has 0 rings (SSSR count). The van der Waals surface area contributed by atoms with Gasteiger partial charge in [-0.05, 0) is 21.0 Å². The van der Waals surface area contributed by atoms with Crippen LogP contribution in [-0.2, 0) is 0 Å². The zero-order chi connectivity index (χ0) is 6.41. The van der Waals surface area contributed by atoms with E-state index >= 15 is 0 Å². The molecule has 0 amide bonds. The highest BCUT2D eigenvalue weighted by molar-refractivity contribution is 6.58. The summed E-state index contributed by atoms with van der Waals surface area (Å²) in [6.07, 6.45) is 2.07. The Balaban J connectivity index is 3.36. The summed E-state index contributed by atoms with van der Waals surface area (Å²) in [7, 11) is 3.09. The number of hydrogen-bond acceptors (Lipinski definition) is 2. The Morgan fingerprint density at radius 3 is 1.88 bits per heavy atom. The second-order valence-electron chi connectivity index (χ2n) is 1.58. The molecule has 0 aromatic heterocycles. The third-order valence-electron chi connectivity index (χ3n) is 1.01. The van der Waals surface area contributed by atoms with E-state index in [9.17, 15) is 0 Å². The summed E-state index contributed by atoms with van der Waals surface area (Å²) in [4.78, 5) is 6.39. The van der Waals surface area contributed by atoms with E-state index in [2.05, 4.69) is 21.7 Å². The van der Waals surface area contributed by atoms with Gasteiger partial charge in [0, 0.05) is 0 Å². The molecule has 8 heavy (non-hydrogen) atoms. The van der Waals surface area contributed by atoms with Crippen LogP contribution in [0.25, 0.3) is 0 Å². The zero-order valence-electron chi connectivity index (χ0n) is 5.73. The molecule has 3 heteroatoms. The van der Waals surface area contributed by atoms with E-state index in [1.165, 1.54) is 0 Å². The quantitative estimate of drug-likeness (QED) is 0.515. The lowest BCUT2D eigenvalue weighted by Crippen LogP contribution is -2.41. The van der Waals surface area contributed by atoms with Crippen molar-refractivity contribution in [1.29, 1.82) is 0 Å². The summed E-state index contributed by atoms with van der Waals surface area (Å²) in [5, 5.41) is 0. The predicted octanol–water partition coefficient (Wildman–Crippen LogP) is -0.239. The van der Waals surface area contributed by atoms with Crippen LogP contribution in [0.3, 0.4) is 0 Å². The van der Waals surface area contributed by atoms with Gasteiger partial charge in [-0.25, -0.2) is 0 Å². The largest absolute Gasteiger partial charge is 0.328 e. The Morgan fingerprint density at radius 2 is 1.75 bits per heavy atom. The van der Waals surface area contributed by atoms with E-state index in [1.807, 2.05) is 21.0 Å². The lowest BCUT2D eigenvalue weighted by atomic mass is 10.8. The maximum absolute atomic E-state index is 3.19. The zero-order valence-corrected chi connectivity index (χ0v) is 6.89. The molecule has 2 nitrogen and oxygen atoms in total. The summed E-state index contributed by atoms with van der Waals surface area (Å²) in [5.41, 5.74) is 2.19. The highest BCUT2D eigenvalue weighted by atomic mass is 28.3. The van der Waals surface area contributed by atoms with Crippen molar-refractivity contribution in [2.24, 2.45) is 0 Å². The average molecular weight is 130 g/mol. The standard InChI is InChI=1S/C5H14N2Si/c1-4-5-8(6-2)7-3/h4-8H,1-3H3. The number of allylic oxidation sites excluding steroid dienone is 1. The van der Waals surface area contributed by atoms with Crippen LogP contribution in [0.1, 0.15) is 6.92 Å². The van der Waals surface area contributed by atoms with Crippen LogP contribution in [0.5, 0.6) is 0 Å². The molecule has 0 fully saturated rings. The van der Waals surface area contributed by atoms with E-state index in [0.717, 1.165) is 0 Å². The number of nitrogens with one attached hydrogen (secondary N) is 2. The summed E-state index contributed by atoms with van der Waals surface area (Å²) in [6.45, 7) is 2.04. The molecule has 0 heterocycles. The fraction of sp³-hybridized carbons (Fsp3) is 0.600. The van der Waals surface area contributed by atoms with Gasteiger partial charge in [0.05, 0.1) is 0 Å². The minimum absolute atomic E-state index is 0.873. The summed E-state index contributed by atoms with van der Waals surface area (Å²) < 4.78 is 0. The third-order valence-corrected chi connectivity index (χ3v) is 3.02. The van der Waals surface area contributed by atoms with Crippen LogP contribution >= 0.6 is 0 Å². The molecule has 0 aliphatic heterocycles. The van der Waals surface area contributed by atoms with E-state index in [4.69, 9.17) is 0 Å². The first kappa shape index (κ1) is 7.88. The third kappa shape index (κ3) is 2.96. The molecule has 48 valence electrons. The second-order valence-corrected chi connectivity index (χ2v) is 4.08. The molecule has 0 atom stereocenters. The first-order chi connectivity index (χ1) is 3.85. The van der Waals surface area contributed by atoms with E-state index in [-0.39, 0.29) is 0 Å². The fourth-order valence-electron chi connectivity index (χ4n) is 0.529. The van der Waals surface area contributed by atoms with Gasteiger partial charge in [0.15, 0.2) is 0 Å². The second kappa shape index (κ2) is 5.02. The molecular formula is C5H14N2Si. The van der Waals surface area contributed by atoms with Crippen molar-refractivity contribution < 1.29 is 0 Å². The van der Waals surface area contributed by atoms with Crippen LogP contribution in [0, 0.1) is 0 Å². The van der Waals surface area contributed by atoms with Crippen molar-refractivity contribution >= 4 is 9.12 Å². The maximum Gasteiger partial charge on any atom is 0.209 e. The molecule has 0 bridgehead atoms. The Morgan fingerprint density at radius 1 is 1.25 bits per heavy atom. The first-order valence-corrected chi connectivity index (χ1v) is 4.64. The van der Waals surface area contributed by atoms with Gasteiger partial charge in [0.1, 0.15) is 0 Å². The minimum Gasteiger partial charge on any atom is -0.328 e. The average Bonchev–Trinajstić information content (AvgIpc) is 1.83. The van der Waals surface area contributed by atoms with E-state index in [1.54, 1.807) is 0 Å². The van der Waals surface area contributed by atoms with Gasteiger partial charge in [-0.15, -0.1) is 0 Å². The van der Waals surface area contributed by atoms with Crippen LogP contribution < -0.4 is 9.96 Å². The van der Waals surface area contributed by atoms with Gasteiger partial charge in [0.2, 0.25) is 9.12 Å². The van der Waals surface area contributed by atoms with Gasteiger partial charge in [-0.2, -0.15) is 0 Å². The molecule has 0 aromatic carbocycles. The van der Waals surface area contributed by atoms with Crippen molar-refractivity contribution in [3.63, 3.8) is 0 Å². The Kier molecular flexibility index (Phi) is 4.95. The van der Waals surface area contributed by atoms with Crippen LogP contribution in [0.4, 0.5) is 0 Å². The topological polar surface area (TPSA) is 24.1 Å². The smallest absolute Gasteiger partial charge is 0.209 e. The highest BCUT2D eigenvalue weighted by Crippen LogP contribution is 1.70. The normalized spacial score (nSPS) is 11.5. The monoisotopic (exact) mass is 130 g/mol. The van der Waals surface area contributed by atoms with Gasteiger partial charge < -0.3 is 9.96 Å². The summed E-state index contributed by atoms with van der Waals surface area (Å²) >= 11 is 0. The lowest BCUT2D eigenvalue weighted by molar-refractivity contribution is 1.09. The summed E-state index contributed by atoms with van der Waals surface area (Å²) in [5.74, 6) is 0. The van der Waals surface area contributed by atoms with Gasteiger partial charge >= 0.3 is 0 Å². The molecule has 0 radical (unpaired) electrons. The molecular weight excluding hydrogens is 116 g/mol. The molecule has 0 aliphatic rings. The molecule has 0 aromatic rings. The van der Waals surface area contributed by atoms with Crippen LogP contribution in [0.2, 0.25) is 0 Å². The predicted molar refractivity (Wildman–Crippen MR) is 40.1 cm³/mol. The maximum atomic E-state index is 3.19. The lowest BCUT2D eigenvalue weighted by Gasteiger charge is -2.04. The number of hydrogen-bond donors (Lipinski definition) is 2. The van der Waals surface area contributed by atoms with Crippen LogP contribution in [0.15, 0.2) is 11.8 Å². The van der Waals surface area contributed by atoms with E-state index in [0.29, 0.717) is 0 Å².